The van der Waals surface area contributed by atoms with Crippen molar-refractivity contribution in [3.63, 3.8) is 0 Å². The van der Waals surface area contributed by atoms with Crippen LogP contribution < -0.4 is 5.32 Å². The Balaban J connectivity index is 1.08. The van der Waals surface area contributed by atoms with Gasteiger partial charge in [0.25, 0.3) is 0 Å². The molecule has 1 aliphatic heterocycles. The van der Waals surface area contributed by atoms with Gasteiger partial charge in [-0.2, -0.15) is 0 Å². The van der Waals surface area contributed by atoms with E-state index < -0.39 is 0 Å². The molecule has 1 atom stereocenters. The average Bonchev–Trinajstić information content (AvgIpc) is 3.94. The van der Waals surface area contributed by atoms with Crippen LogP contribution >= 0.6 is 11.3 Å². The summed E-state index contributed by atoms with van der Waals surface area (Å²) in [6.45, 7) is 0. The van der Waals surface area contributed by atoms with Gasteiger partial charge in [-0.1, -0.05) is 103 Å². The van der Waals surface area contributed by atoms with Crippen LogP contribution in [0.4, 0.5) is 5.00 Å². The van der Waals surface area contributed by atoms with Crippen LogP contribution in [-0.4, -0.2) is 20.0 Å². The van der Waals surface area contributed by atoms with E-state index in [0.29, 0.717) is 0 Å². The number of nitrogens with zero attached hydrogens (tertiary/aromatic N) is 4. The number of anilines is 1. The van der Waals surface area contributed by atoms with Crippen molar-refractivity contribution in [2.24, 2.45) is 4.99 Å². The second-order valence-corrected chi connectivity index (χ2v) is 16.8. The number of para-hydroxylation sites is 2. The van der Waals surface area contributed by atoms with Gasteiger partial charge >= 0.3 is 0 Å². The Morgan fingerprint density at radius 2 is 1.25 bits per heavy atom. The summed E-state index contributed by atoms with van der Waals surface area (Å²) in [6.07, 6.45) is 5.75. The van der Waals surface area contributed by atoms with E-state index in [0.717, 1.165) is 34.9 Å². The summed E-state index contributed by atoms with van der Waals surface area (Å²) >= 11 is 1.82. The molecule has 2 aliphatic rings. The lowest BCUT2D eigenvalue weighted by Gasteiger charge is -2.28. The predicted octanol–water partition coefficient (Wildman–Crippen LogP) is 13.7. The molecule has 0 spiro atoms. The van der Waals surface area contributed by atoms with Crippen LogP contribution in [0.5, 0.6) is 0 Å². The van der Waals surface area contributed by atoms with Gasteiger partial charge in [0, 0.05) is 60.5 Å². The molecule has 1 aliphatic carbocycles. The zero-order chi connectivity index (χ0) is 38.6. The number of hydrogen-bond acceptors (Lipinski definition) is 4. The van der Waals surface area contributed by atoms with Gasteiger partial charge in [-0.05, 0) is 107 Å². The zero-order valence-electron chi connectivity index (χ0n) is 31.9. The number of aromatic nitrogens is 3. The van der Waals surface area contributed by atoms with Crippen LogP contribution in [0.25, 0.3) is 87.4 Å². The Bertz CT molecular complexity index is 3490. The molecule has 0 saturated carbocycles. The minimum Gasteiger partial charge on any atom is -0.332 e. The van der Waals surface area contributed by atoms with Gasteiger partial charge in [-0.3, -0.25) is 4.98 Å². The number of hydrogen-bond donors (Lipinski definition) is 1. The van der Waals surface area contributed by atoms with Gasteiger partial charge in [-0.25, -0.2) is 4.99 Å². The molecular formula is C53H35N5S. The van der Waals surface area contributed by atoms with Crippen molar-refractivity contribution in [2.45, 2.75) is 19.0 Å². The average molecular weight is 774 g/mol. The fourth-order valence-electron chi connectivity index (χ4n) is 9.80. The van der Waals surface area contributed by atoms with E-state index in [-0.39, 0.29) is 6.17 Å². The molecule has 1 unspecified atom stereocenters. The molecule has 4 aromatic heterocycles. The third-order valence-corrected chi connectivity index (χ3v) is 13.6. The first-order chi connectivity index (χ1) is 29.2. The first-order valence-electron chi connectivity index (χ1n) is 20.3. The molecular weight excluding hydrogens is 739 g/mol. The van der Waals surface area contributed by atoms with E-state index in [4.69, 9.17) is 9.98 Å². The van der Waals surface area contributed by atoms with Crippen molar-refractivity contribution in [2.75, 3.05) is 5.32 Å². The molecule has 0 bridgehead atoms. The summed E-state index contributed by atoms with van der Waals surface area (Å²) in [4.78, 5) is 10.6. The molecule has 5 heterocycles. The number of thiophene rings is 1. The minimum atomic E-state index is -0.314. The molecule has 6 heteroatoms. The summed E-state index contributed by atoms with van der Waals surface area (Å²) < 4.78 is 6.19. The number of pyridine rings is 1. The molecule has 0 amide bonds. The molecule has 11 aromatic rings. The van der Waals surface area contributed by atoms with Crippen molar-refractivity contribution >= 4 is 92.6 Å². The smallest absolute Gasteiger partial charge is 0.157 e. The maximum Gasteiger partial charge on any atom is 0.157 e. The van der Waals surface area contributed by atoms with E-state index in [1.807, 2.05) is 23.6 Å². The Morgan fingerprint density at radius 3 is 1.98 bits per heavy atom. The zero-order valence-corrected chi connectivity index (χ0v) is 32.7. The fourth-order valence-corrected chi connectivity index (χ4v) is 11.0. The first kappa shape index (κ1) is 32.8. The van der Waals surface area contributed by atoms with Gasteiger partial charge in [0.2, 0.25) is 0 Å². The fraction of sp³-hybridized carbons (Fsp3) is 0.0566. The summed E-state index contributed by atoms with van der Waals surface area (Å²) in [5.74, 6) is 0.942. The highest BCUT2D eigenvalue weighted by Crippen LogP contribution is 2.49. The number of amidine groups is 1. The van der Waals surface area contributed by atoms with Crippen molar-refractivity contribution in [1.82, 2.24) is 14.1 Å². The number of nitrogens with one attached hydrogen (secondary N) is 1. The molecule has 5 nitrogen and oxygen atoms in total. The molecule has 59 heavy (non-hydrogen) atoms. The van der Waals surface area contributed by atoms with Gasteiger partial charge < -0.3 is 14.5 Å². The Hall–Kier alpha value is -7.28. The highest BCUT2D eigenvalue weighted by atomic mass is 32.1. The van der Waals surface area contributed by atoms with Crippen LogP contribution in [0.15, 0.2) is 181 Å². The Kier molecular flexibility index (Phi) is 7.00. The number of aliphatic imine (C=N–C) groups is 1. The van der Waals surface area contributed by atoms with Crippen molar-refractivity contribution in [3.8, 4) is 16.9 Å². The van der Waals surface area contributed by atoms with E-state index in [1.54, 1.807) is 0 Å². The standard InChI is InChI=1S/C53H35N5S/c1-2-16-38(17-3-1)57-45-20-9-8-18-39(45)41-28-37(22-24-46(41)57)51-55-52(50-40-23-21-36(44-19-10-11-25-54-44)31-49(40)59-53(50)56-51)58-47-29-34-14-6-4-12-32(34)26-42(47)43-27-33-13-5-7-15-35(33)30-48(43)58/h1-21,23,25-31,52H,22,24H2,(H,55,56). The lowest BCUT2D eigenvalue weighted by Crippen LogP contribution is -2.25. The van der Waals surface area contributed by atoms with Gasteiger partial charge in [0.15, 0.2) is 6.17 Å². The predicted molar refractivity (Wildman–Crippen MR) is 248 cm³/mol. The molecule has 0 fully saturated rings. The van der Waals surface area contributed by atoms with Crippen LogP contribution in [0.3, 0.4) is 0 Å². The normalized spacial score (nSPS) is 15.2. The molecule has 7 aromatic carbocycles. The maximum atomic E-state index is 5.86. The number of rotatable bonds is 4. The molecule has 0 saturated heterocycles. The highest BCUT2D eigenvalue weighted by Gasteiger charge is 2.33. The van der Waals surface area contributed by atoms with E-state index in [2.05, 4.69) is 178 Å². The summed E-state index contributed by atoms with van der Waals surface area (Å²) in [5.41, 5.74) is 12.0. The van der Waals surface area contributed by atoms with Gasteiger partial charge in [-0.15, -0.1) is 11.3 Å². The van der Waals surface area contributed by atoms with Crippen LogP contribution in [0.1, 0.15) is 29.4 Å². The quantitative estimate of drug-likeness (QED) is 0.194. The largest absolute Gasteiger partial charge is 0.332 e. The lowest BCUT2D eigenvalue weighted by atomic mass is 9.94. The SMILES string of the molecule is C1=C(C2=NC(n3c4cc5ccccc5cc4c4cc5ccccc5cc43)c3c(sc4cc(-c5ccccn5)ccc34)N2)CCc2c1c1ccccc1n2-c1ccccc1. The van der Waals surface area contributed by atoms with Crippen LogP contribution in [0.2, 0.25) is 0 Å². The summed E-state index contributed by atoms with van der Waals surface area (Å²) in [5, 5.41) is 15.0. The molecule has 13 rings (SSSR count). The summed E-state index contributed by atoms with van der Waals surface area (Å²) in [6, 6.07) is 59.5. The van der Waals surface area contributed by atoms with Crippen molar-refractivity contribution < 1.29 is 0 Å². The lowest BCUT2D eigenvalue weighted by molar-refractivity contribution is 0.658. The topological polar surface area (TPSA) is 47.1 Å². The summed E-state index contributed by atoms with van der Waals surface area (Å²) in [7, 11) is 0. The third kappa shape index (κ3) is 4.96. The van der Waals surface area contributed by atoms with Crippen LogP contribution in [0, 0.1) is 0 Å². The number of fused-ring (bicyclic) bond motifs is 11. The first-order valence-corrected chi connectivity index (χ1v) is 21.1. The number of benzene rings is 7. The van der Waals surface area contributed by atoms with E-state index in [9.17, 15) is 0 Å². The van der Waals surface area contributed by atoms with Gasteiger partial charge in [0.1, 0.15) is 10.8 Å². The second kappa shape index (κ2) is 12.6. The molecule has 1 N–H and O–H groups in total. The minimum absolute atomic E-state index is 0.314. The van der Waals surface area contributed by atoms with E-state index in [1.165, 1.54) is 92.4 Å². The van der Waals surface area contributed by atoms with Gasteiger partial charge in [0.05, 0.1) is 22.2 Å². The monoisotopic (exact) mass is 773 g/mol. The molecule has 278 valence electrons. The van der Waals surface area contributed by atoms with E-state index >= 15 is 0 Å². The van der Waals surface area contributed by atoms with Crippen molar-refractivity contribution in [3.05, 3.63) is 192 Å². The Labute approximate surface area is 343 Å². The maximum absolute atomic E-state index is 5.86. The molecule has 0 radical (unpaired) electrons. The van der Waals surface area contributed by atoms with Crippen LogP contribution in [-0.2, 0) is 6.42 Å². The second-order valence-electron chi connectivity index (χ2n) is 15.8. The van der Waals surface area contributed by atoms with Crippen molar-refractivity contribution in [1.29, 1.82) is 0 Å². The highest BCUT2D eigenvalue weighted by molar-refractivity contribution is 7.23. The Morgan fingerprint density at radius 1 is 0.576 bits per heavy atom. The third-order valence-electron chi connectivity index (χ3n) is 12.5.